The van der Waals surface area contributed by atoms with Crippen molar-refractivity contribution in [1.82, 2.24) is 0 Å². The number of rotatable bonds is 1. The molecule has 3 aromatic carbocycles. The molecule has 0 atom stereocenters. The Morgan fingerprint density at radius 3 is 2.44 bits per heavy atom. The lowest BCUT2D eigenvalue weighted by atomic mass is 10.0. The molecule has 18 heavy (non-hydrogen) atoms. The Labute approximate surface area is 104 Å². The van der Waals surface area contributed by atoms with Gasteiger partial charge in [-0.05, 0) is 27.6 Å². The van der Waals surface area contributed by atoms with Gasteiger partial charge in [0.15, 0.2) is 0 Å². The van der Waals surface area contributed by atoms with Crippen LogP contribution in [0.2, 0.25) is 0 Å². The zero-order valence-corrected chi connectivity index (χ0v) is 10.1. The summed E-state index contributed by atoms with van der Waals surface area (Å²) < 4.78 is 31.1. The van der Waals surface area contributed by atoms with Gasteiger partial charge in [0.1, 0.15) is 4.90 Å². The summed E-state index contributed by atoms with van der Waals surface area (Å²) in [5, 5.41) is 3.70. The van der Waals surface area contributed by atoms with Crippen molar-refractivity contribution in [1.29, 1.82) is 0 Å². The average Bonchev–Trinajstić information content (AvgIpc) is 2.37. The smallest absolute Gasteiger partial charge is 0.282 e. The molecule has 0 amide bonds. The van der Waals surface area contributed by atoms with Crippen LogP contribution in [-0.4, -0.2) is 13.0 Å². The molecule has 0 aromatic heterocycles. The quantitative estimate of drug-likeness (QED) is 0.538. The molecule has 0 spiro atoms. The molecule has 3 nitrogen and oxygen atoms in total. The van der Waals surface area contributed by atoms with Gasteiger partial charge in [-0.2, -0.15) is 8.42 Å². The van der Waals surface area contributed by atoms with Crippen molar-refractivity contribution in [2.24, 2.45) is 0 Å². The fourth-order valence-electron chi connectivity index (χ4n) is 2.07. The molecule has 0 aliphatic rings. The van der Waals surface area contributed by atoms with E-state index in [-0.39, 0.29) is 4.90 Å². The van der Waals surface area contributed by atoms with Crippen LogP contribution in [0.25, 0.3) is 21.5 Å². The third kappa shape index (κ3) is 1.75. The van der Waals surface area contributed by atoms with Gasteiger partial charge in [0, 0.05) is 6.07 Å². The normalized spacial score (nSPS) is 12.1. The molecular weight excluding hydrogens is 248 g/mol. The van der Waals surface area contributed by atoms with Crippen LogP contribution in [-0.2, 0) is 10.1 Å². The summed E-state index contributed by atoms with van der Waals surface area (Å²) in [5.74, 6) is 0. The van der Waals surface area contributed by atoms with Crippen molar-refractivity contribution < 1.29 is 13.0 Å². The lowest BCUT2D eigenvalue weighted by Gasteiger charge is -2.04. The molecule has 4 heteroatoms. The summed E-state index contributed by atoms with van der Waals surface area (Å²) in [6.07, 6.45) is 0. The third-order valence-corrected chi connectivity index (χ3v) is 3.70. The molecule has 0 unspecified atom stereocenters. The maximum atomic E-state index is 11.1. The molecule has 3 rings (SSSR count). The van der Waals surface area contributed by atoms with E-state index in [2.05, 4.69) is 6.07 Å². The van der Waals surface area contributed by atoms with Crippen molar-refractivity contribution in [3.63, 3.8) is 0 Å². The lowest BCUT2D eigenvalue weighted by Crippen LogP contribution is -1.97. The molecule has 3 aromatic rings. The zero-order chi connectivity index (χ0) is 12.8. The van der Waals surface area contributed by atoms with Gasteiger partial charge in [0.05, 0.1) is 0 Å². The van der Waals surface area contributed by atoms with E-state index in [1.54, 1.807) is 12.1 Å². The van der Waals surface area contributed by atoms with Crippen LogP contribution < -0.4 is 0 Å². The summed E-state index contributed by atoms with van der Waals surface area (Å²) in [5.41, 5.74) is 0. The van der Waals surface area contributed by atoms with E-state index in [1.165, 1.54) is 6.07 Å². The van der Waals surface area contributed by atoms with Gasteiger partial charge >= 0.3 is 0 Å². The van der Waals surface area contributed by atoms with E-state index in [4.69, 9.17) is 4.55 Å². The van der Waals surface area contributed by atoms with Crippen molar-refractivity contribution in [3.05, 3.63) is 54.6 Å². The van der Waals surface area contributed by atoms with Gasteiger partial charge in [-0.3, -0.25) is 4.55 Å². The van der Waals surface area contributed by atoms with Crippen LogP contribution >= 0.6 is 0 Å². The van der Waals surface area contributed by atoms with Crippen LogP contribution in [0.4, 0.5) is 0 Å². The maximum absolute atomic E-state index is 11.1. The van der Waals surface area contributed by atoms with Crippen LogP contribution in [0, 0.1) is 6.07 Å². The topological polar surface area (TPSA) is 54.4 Å². The van der Waals surface area contributed by atoms with Gasteiger partial charge in [-0.25, -0.2) is 0 Å². The van der Waals surface area contributed by atoms with Crippen molar-refractivity contribution in [2.45, 2.75) is 4.90 Å². The molecule has 0 aliphatic carbocycles. The highest BCUT2D eigenvalue weighted by Crippen LogP contribution is 2.26. The molecule has 1 radical (unpaired) electrons. The van der Waals surface area contributed by atoms with Crippen LogP contribution in [0.15, 0.2) is 53.4 Å². The molecular formula is C14H9O3S. The minimum Gasteiger partial charge on any atom is -0.282 e. The molecule has 0 fully saturated rings. The molecule has 0 heterocycles. The second-order valence-corrected chi connectivity index (χ2v) is 5.44. The molecule has 89 valence electrons. The maximum Gasteiger partial charge on any atom is 0.295 e. The van der Waals surface area contributed by atoms with Gasteiger partial charge in [0.2, 0.25) is 0 Å². The largest absolute Gasteiger partial charge is 0.295 e. The van der Waals surface area contributed by atoms with Crippen LogP contribution in [0.3, 0.4) is 0 Å². The first-order valence-corrected chi connectivity index (χ1v) is 6.81. The predicted octanol–water partition coefficient (Wildman–Crippen LogP) is 3.04. The number of hydrogen-bond donors (Lipinski definition) is 1. The number of benzene rings is 3. The second-order valence-electron chi connectivity index (χ2n) is 4.05. The lowest BCUT2D eigenvalue weighted by molar-refractivity contribution is 0.483. The summed E-state index contributed by atoms with van der Waals surface area (Å²) in [6.45, 7) is 0. The van der Waals surface area contributed by atoms with Crippen molar-refractivity contribution in [2.75, 3.05) is 0 Å². The van der Waals surface area contributed by atoms with Crippen LogP contribution in [0.5, 0.6) is 0 Å². The Hall–Kier alpha value is -1.91. The SMILES string of the molecule is O=S(=O)(O)c1[c]c2ccc3ccccc3c2cc1. The van der Waals surface area contributed by atoms with E-state index >= 15 is 0 Å². The van der Waals surface area contributed by atoms with Gasteiger partial charge in [0.25, 0.3) is 10.1 Å². The Kier molecular flexibility index (Phi) is 2.36. The molecule has 0 saturated carbocycles. The predicted molar refractivity (Wildman–Crippen MR) is 70.1 cm³/mol. The molecule has 0 aliphatic heterocycles. The highest BCUT2D eigenvalue weighted by Gasteiger charge is 2.11. The minimum atomic E-state index is -4.20. The average molecular weight is 257 g/mol. The van der Waals surface area contributed by atoms with Gasteiger partial charge in [-0.15, -0.1) is 0 Å². The first-order valence-electron chi connectivity index (χ1n) is 5.37. The first-order chi connectivity index (χ1) is 8.55. The van der Waals surface area contributed by atoms with Crippen molar-refractivity contribution >= 4 is 31.7 Å². The summed E-state index contributed by atoms with van der Waals surface area (Å²) >= 11 is 0. The highest BCUT2D eigenvalue weighted by atomic mass is 32.2. The molecule has 0 bridgehead atoms. The standard InChI is InChI=1S/C14H9O3S/c15-18(16,17)12-7-8-14-11(9-12)6-5-10-3-1-2-4-13(10)14/h1-8H,(H,15,16,17). The highest BCUT2D eigenvalue weighted by molar-refractivity contribution is 7.85. The summed E-state index contributed by atoms with van der Waals surface area (Å²) in [6, 6.07) is 17.3. The van der Waals surface area contributed by atoms with Crippen molar-refractivity contribution in [3.8, 4) is 0 Å². The van der Waals surface area contributed by atoms with Crippen LogP contribution in [0.1, 0.15) is 0 Å². The Morgan fingerprint density at radius 2 is 1.67 bits per heavy atom. The van der Waals surface area contributed by atoms with E-state index in [9.17, 15) is 8.42 Å². The first kappa shape index (κ1) is 11.2. The Balaban J connectivity index is 2.42. The minimum absolute atomic E-state index is 0.203. The molecule has 0 saturated heterocycles. The fourth-order valence-corrected chi connectivity index (χ4v) is 2.55. The van der Waals surface area contributed by atoms with Gasteiger partial charge in [-0.1, -0.05) is 42.5 Å². The Bertz CT molecular complexity index is 851. The number of fused-ring (bicyclic) bond motifs is 3. The van der Waals surface area contributed by atoms with Gasteiger partial charge < -0.3 is 0 Å². The molecule has 1 N–H and O–H groups in total. The summed E-state index contributed by atoms with van der Waals surface area (Å²) in [7, 11) is -4.20. The van der Waals surface area contributed by atoms with E-state index in [0.717, 1.165) is 16.2 Å². The van der Waals surface area contributed by atoms with E-state index < -0.39 is 10.1 Å². The number of hydrogen-bond acceptors (Lipinski definition) is 2. The fraction of sp³-hybridized carbons (Fsp3) is 0. The second kappa shape index (κ2) is 3.80. The third-order valence-electron chi connectivity index (χ3n) is 2.91. The van der Waals surface area contributed by atoms with E-state index in [0.29, 0.717) is 5.39 Å². The van der Waals surface area contributed by atoms with E-state index in [1.807, 2.05) is 30.3 Å². The monoisotopic (exact) mass is 257 g/mol. The zero-order valence-electron chi connectivity index (χ0n) is 9.29. The Morgan fingerprint density at radius 1 is 0.889 bits per heavy atom. The summed E-state index contributed by atoms with van der Waals surface area (Å²) in [4.78, 5) is -0.203.